The minimum atomic E-state index is -4.34. The Kier molecular flexibility index (Phi) is 21.3. The van der Waals surface area contributed by atoms with Crippen molar-refractivity contribution in [3.63, 3.8) is 0 Å². The van der Waals surface area contributed by atoms with Gasteiger partial charge in [0.05, 0.1) is 27.7 Å². The Morgan fingerprint density at radius 1 is 0.730 bits per heavy atom. The van der Waals surface area contributed by atoms with Crippen molar-refractivity contribution in [3.8, 4) is 0 Å². The van der Waals surface area contributed by atoms with Crippen LogP contribution < -0.4 is 0 Å². The second-order valence-corrected chi connectivity index (χ2v) is 12.2. The number of carbonyl (C=O) groups is 2. The summed E-state index contributed by atoms with van der Waals surface area (Å²) in [6.45, 7) is 4.26. The van der Waals surface area contributed by atoms with Crippen molar-refractivity contribution in [1.29, 1.82) is 0 Å². The van der Waals surface area contributed by atoms with E-state index in [4.69, 9.17) is 18.5 Å². The lowest BCUT2D eigenvalue weighted by Crippen LogP contribution is -2.37. The van der Waals surface area contributed by atoms with E-state index >= 15 is 0 Å². The molecule has 1 N–H and O–H groups in total. The van der Waals surface area contributed by atoms with Crippen LogP contribution >= 0.6 is 7.82 Å². The predicted molar refractivity (Wildman–Crippen MR) is 146 cm³/mol. The minimum absolute atomic E-state index is 0.0349. The number of esters is 2. The maximum atomic E-state index is 12.3. The molecule has 9 nitrogen and oxygen atoms in total. The quantitative estimate of drug-likeness (QED) is 0.0620. The smallest absolute Gasteiger partial charge is 0.462 e. The first kappa shape index (κ1) is 36.0. The fourth-order valence-corrected chi connectivity index (χ4v) is 4.28. The van der Waals surface area contributed by atoms with Gasteiger partial charge in [-0.2, -0.15) is 0 Å². The van der Waals surface area contributed by atoms with Crippen molar-refractivity contribution >= 4 is 19.8 Å². The van der Waals surface area contributed by atoms with E-state index in [2.05, 4.69) is 13.8 Å². The molecule has 0 rings (SSSR count). The number of hydrogen-bond acceptors (Lipinski definition) is 7. The second kappa shape index (κ2) is 21.9. The van der Waals surface area contributed by atoms with Crippen LogP contribution in [0.25, 0.3) is 0 Å². The fraction of sp³-hybridized carbons (Fsp3) is 0.926. The Hall–Kier alpha value is -0.990. The maximum Gasteiger partial charge on any atom is 0.472 e. The van der Waals surface area contributed by atoms with Crippen LogP contribution in [0.3, 0.4) is 0 Å². The molecule has 0 amide bonds. The Balaban J connectivity index is 4.58. The fourth-order valence-electron chi connectivity index (χ4n) is 3.54. The molecule has 0 heterocycles. The van der Waals surface area contributed by atoms with Crippen molar-refractivity contribution in [3.05, 3.63) is 0 Å². The first-order valence-corrected chi connectivity index (χ1v) is 15.8. The van der Waals surface area contributed by atoms with Crippen LogP contribution in [0.5, 0.6) is 0 Å². The largest absolute Gasteiger partial charge is 0.472 e. The lowest BCUT2D eigenvalue weighted by atomic mass is 10.1. The van der Waals surface area contributed by atoms with Crippen molar-refractivity contribution in [2.45, 2.75) is 116 Å². The van der Waals surface area contributed by atoms with Crippen molar-refractivity contribution in [2.75, 3.05) is 47.5 Å². The molecule has 0 aromatic carbocycles. The number of likely N-dealkylation sites (N-methyl/N-ethyl adjacent to an activating group) is 1. The van der Waals surface area contributed by atoms with Gasteiger partial charge in [0.25, 0.3) is 0 Å². The average Bonchev–Trinajstić information content (AvgIpc) is 2.81. The summed E-state index contributed by atoms with van der Waals surface area (Å²) in [7, 11) is 1.48. The van der Waals surface area contributed by atoms with Gasteiger partial charge in [-0.3, -0.25) is 18.6 Å². The van der Waals surface area contributed by atoms with Gasteiger partial charge in [0, 0.05) is 12.8 Å². The van der Waals surface area contributed by atoms with E-state index in [9.17, 15) is 19.0 Å². The highest BCUT2D eigenvalue weighted by atomic mass is 31.2. The number of carbonyl (C=O) groups excluding carboxylic acids is 2. The molecular formula is C27H55NO8P+. The lowest BCUT2D eigenvalue weighted by Gasteiger charge is -2.24. The van der Waals surface area contributed by atoms with Gasteiger partial charge in [0.15, 0.2) is 6.10 Å². The van der Waals surface area contributed by atoms with Crippen LogP contribution in [0.4, 0.5) is 0 Å². The molecule has 0 aliphatic carbocycles. The summed E-state index contributed by atoms with van der Waals surface area (Å²) >= 11 is 0. The highest BCUT2D eigenvalue weighted by Crippen LogP contribution is 2.43. The zero-order chi connectivity index (χ0) is 28.0. The summed E-state index contributed by atoms with van der Waals surface area (Å²) in [5.74, 6) is -0.817. The van der Waals surface area contributed by atoms with Crippen LogP contribution in [0.1, 0.15) is 110 Å². The molecule has 0 aromatic rings. The van der Waals surface area contributed by atoms with Gasteiger partial charge in [-0.25, -0.2) is 4.57 Å². The SMILES string of the molecule is CCCCCCCCCC(=O)OC[C@H](COP(=O)(O)OCC[N+](C)(C)C)OC(=O)CCCCCCCC. The molecule has 10 heteroatoms. The Morgan fingerprint density at radius 2 is 1.22 bits per heavy atom. The summed E-state index contributed by atoms with van der Waals surface area (Å²) in [5.41, 5.74) is 0. The molecule has 0 aromatic heterocycles. The van der Waals surface area contributed by atoms with Crippen LogP contribution in [0.15, 0.2) is 0 Å². The number of hydrogen-bond donors (Lipinski definition) is 1. The van der Waals surface area contributed by atoms with E-state index in [-0.39, 0.29) is 25.6 Å². The third kappa shape index (κ3) is 25.1. The van der Waals surface area contributed by atoms with Gasteiger partial charge in [-0.15, -0.1) is 0 Å². The predicted octanol–water partition coefficient (Wildman–Crippen LogP) is 6.17. The van der Waals surface area contributed by atoms with Gasteiger partial charge >= 0.3 is 19.8 Å². The monoisotopic (exact) mass is 552 g/mol. The van der Waals surface area contributed by atoms with Crippen LogP contribution in [-0.4, -0.2) is 74.9 Å². The maximum absolute atomic E-state index is 12.3. The second-order valence-electron chi connectivity index (χ2n) is 10.8. The molecule has 1 unspecified atom stereocenters. The summed E-state index contributed by atoms with van der Waals surface area (Å²) < 4.78 is 33.6. The van der Waals surface area contributed by atoms with Crippen molar-refractivity contribution in [1.82, 2.24) is 0 Å². The molecular weight excluding hydrogens is 497 g/mol. The first-order valence-electron chi connectivity index (χ1n) is 14.3. The number of phosphoric acid groups is 1. The normalized spacial score (nSPS) is 14.2. The van der Waals surface area contributed by atoms with Crippen molar-refractivity contribution < 1.29 is 42.1 Å². The van der Waals surface area contributed by atoms with E-state index in [1.54, 1.807) is 0 Å². The van der Waals surface area contributed by atoms with E-state index in [1.165, 1.54) is 32.1 Å². The first-order chi connectivity index (χ1) is 17.5. The molecule has 0 aliphatic rings. The van der Waals surface area contributed by atoms with Crippen molar-refractivity contribution in [2.24, 2.45) is 0 Å². The number of nitrogens with zero attached hydrogens (tertiary/aromatic N) is 1. The van der Waals surface area contributed by atoms with E-state index in [1.807, 2.05) is 21.1 Å². The molecule has 0 aliphatic heterocycles. The Labute approximate surface area is 225 Å². The van der Waals surface area contributed by atoms with Gasteiger partial charge in [0.2, 0.25) is 0 Å². The minimum Gasteiger partial charge on any atom is -0.462 e. The molecule has 220 valence electrons. The third-order valence-corrected chi connectivity index (χ3v) is 6.87. The van der Waals surface area contributed by atoms with E-state index in [0.717, 1.165) is 44.9 Å². The standard InChI is InChI=1S/C27H54NO8P/c1-6-8-10-12-14-16-17-19-26(29)33-23-25(36-27(30)20-18-15-13-11-9-7-2)24-35-37(31,32)34-22-21-28(3,4)5/h25H,6-24H2,1-5H3/p+1/t25-/m1/s1. The van der Waals surface area contributed by atoms with E-state index in [0.29, 0.717) is 23.9 Å². The molecule has 37 heavy (non-hydrogen) atoms. The Morgan fingerprint density at radius 3 is 1.73 bits per heavy atom. The van der Waals surface area contributed by atoms with Gasteiger partial charge in [-0.05, 0) is 12.8 Å². The zero-order valence-electron chi connectivity index (χ0n) is 24.2. The summed E-state index contributed by atoms with van der Waals surface area (Å²) in [6, 6.07) is 0. The Bertz CT molecular complexity index is 638. The lowest BCUT2D eigenvalue weighted by molar-refractivity contribution is -0.870. The molecule has 0 fully saturated rings. The summed E-state index contributed by atoms with van der Waals surface area (Å²) in [5, 5.41) is 0. The number of quaternary nitrogens is 1. The van der Waals surface area contributed by atoms with Gasteiger partial charge < -0.3 is 18.9 Å². The number of unbranched alkanes of at least 4 members (excludes halogenated alkanes) is 11. The summed E-state index contributed by atoms with van der Waals surface area (Å²) in [6.07, 6.45) is 13.4. The number of phosphoric ester groups is 1. The highest BCUT2D eigenvalue weighted by molar-refractivity contribution is 7.47. The third-order valence-electron chi connectivity index (χ3n) is 5.89. The van der Waals surface area contributed by atoms with Gasteiger partial charge in [-0.1, -0.05) is 84.5 Å². The van der Waals surface area contributed by atoms with Crippen LogP contribution in [0.2, 0.25) is 0 Å². The van der Waals surface area contributed by atoms with E-state index < -0.39 is 26.5 Å². The topological polar surface area (TPSA) is 108 Å². The average molecular weight is 553 g/mol. The highest BCUT2D eigenvalue weighted by Gasteiger charge is 2.27. The van der Waals surface area contributed by atoms with Crippen LogP contribution in [0, 0.1) is 0 Å². The molecule has 0 bridgehead atoms. The molecule has 0 saturated carbocycles. The summed E-state index contributed by atoms with van der Waals surface area (Å²) in [4.78, 5) is 34.5. The van der Waals surface area contributed by atoms with Gasteiger partial charge in [0.1, 0.15) is 19.8 Å². The molecule has 0 spiro atoms. The van der Waals surface area contributed by atoms with Crippen LogP contribution in [-0.2, 0) is 32.7 Å². The zero-order valence-corrected chi connectivity index (χ0v) is 25.1. The number of ether oxygens (including phenoxy) is 2. The molecule has 0 saturated heterocycles. The molecule has 2 atom stereocenters. The number of rotatable bonds is 25. The molecule has 0 radical (unpaired) electrons.